The molecule has 1 fully saturated rings. The van der Waals surface area contributed by atoms with Crippen molar-refractivity contribution in [2.24, 2.45) is 0 Å². The molecule has 0 radical (unpaired) electrons. The zero-order valence-corrected chi connectivity index (χ0v) is 17.6. The van der Waals surface area contributed by atoms with Gasteiger partial charge in [0.2, 0.25) is 11.8 Å². The molecule has 2 atom stereocenters. The van der Waals surface area contributed by atoms with Crippen LogP contribution >= 0.6 is 11.8 Å². The van der Waals surface area contributed by atoms with Crippen molar-refractivity contribution in [3.05, 3.63) is 60.2 Å². The van der Waals surface area contributed by atoms with Crippen LogP contribution in [0.3, 0.4) is 0 Å². The van der Waals surface area contributed by atoms with Gasteiger partial charge in [0.05, 0.1) is 0 Å². The van der Waals surface area contributed by atoms with Crippen LogP contribution in [0.15, 0.2) is 59.5 Å². The number of carbonyl (C=O) groups is 2. The molecule has 29 heavy (non-hydrogen) atoms. The predicted molar refractivity (Wildman–Crippen MR) is 119 cm³/mol. The number of hydrogen-bond acceptors (Lipinski definition) is 4. The van der Waals surface area contributed by atoms with Gasteiger partial charge in [-0.3, -0.25) is 9.59 Å². The van der Waals surface area contributed by atoms with Crippen LogP contribution in [0.1, 0.15) is 31.7 Å². The molecular formula is C23H29N3O2S. The molecule has 0 aliphatic carbocycles. The van der Waals surface area contributed by atoms with Crippen LogP contribution in [0.5, 0.6) is 0 Å². The van der Waals surface area contributed by atoms with Gasteiger partial charge >= 0.3 is 0 Å². The summed E-state index contributed by atoms with van der Waals surface area (Å²) in [7, 11) is 0. The lowest BCUT2D eigenvalue weighted by atomic mass is 10.1. The first kappa shape index (κ1) is 21.4. The van der Waals surface area contributed by atoms with Crippen molar-refractivity contribution >= 4 is 29.3 Å². The van der Waals surface area contributed by atoms with Crippen LogP contribution in [-0.4, -0.2) is 36.2 Å². The van der Waals surface area contributed by atoms with Gasteiger partial charge in [0, 0.05) is 41.8 Å². The van der Waals surface area contributed by atoms with E-state index in [2.05, 4.69) is 28.1 Å². The number of benzene rings is 2. The summed E-state index contributed by atoms with van der Waals surface area (Å²) in [5, 5.41) is 9.58. The molecule has 2 unspecified atom stereocenters. The smallest absolute Gasteiger partial charge is 0.221 e. The summed E-state index contributed by atoms with van der Waals surface area (Å²) in [4.78, 5) is 24.9. The molecular weight excluding hydrogens is 382 g/mol. The molecule has 2 aromatic rings. The van der Waals surface area contributed by atoms with E-state index in [0.29, 0.717) is 19.0 Å². The van der Waals surface area contributed by atoms with Crippen LogP contribution in [0.4, 0.5) is 5.69 Å². The number of thioether (sulfide) groups is 1. The number of carbonyl (C=O) groups excluding carboxylic acids is 2. The van der Waals surface area contributed by atoms with E-state index in [1.54, 1.807) is 11.8 Å². The third-order valence-electron chi connectivity index (χ3n) is 4.97. The highest BCUT2D eigenvalue weighted by atomic mass is 32.2. The van der Waals surface area contributed by atoms with Crippen molar-refractivity contribution < 1.29 is 9.59 Å². The largest absolute Gasteiger partial charge is 0.356 e. The lowest BCUT2D eigenvalue weighted by Gasteiger charge is -2.23. The first-order valence-electron chi connectivity index (χ1n) is 10.2. The quantitative estimate of drug-likeness (QED) is 0.552. The van der Waals surface area contributed by atoms with E-state index in [9.17, 15) is 9.59 Å². The molecule has 1 heterocycles. The third kappa shape index (κ3) is 7.22. The van der Waals surface area contributed by atoms with Crippen LogP contribution in [0.2, 0.25) is 0 Å². The number of rotatable bonds is 9. The summed E-state index contributed by atoms with van der Waals surface area (Å²) >= 11 is 1.74. The van der Waals surface area contributed by atoms with Crippen molar-refractivity contribution in [1.29, 1.82) is 0 Å². The summed E-state index contributed by atoms with van der Waals surface area (Å²) in [5.41, 5.74) is 2.02. The maximum Gasteiger partial charge on any atom is 0.221 e. The van der Waals surface area contributed by atoms with Gasteiger partial charge in [-0.2, -0.15) is 0 Å². The number of anilines is 1. The number of amides is 2. The van der Waals surface area contributed by atoms with E-state index in [0.717, 1.165) is 36.4 Å². The van der Waals surface area contributed by atoms with Crippen molar-refractivity contribution in [3.63, 3.8) is 0 Å². The molecule has 3 rings (SSSR count). The maximum absolute atomic E-state index is 12.6. The average Bonchev–Trinajstić information content (AvgIpc) is 3.24. The molecule has 0 bridgehead atoms. The minimum Gasteiger partial charge on any atom is -0.356 e. The summed E-state index contributed by atoms with van der Waals surface area (Å²) in [6.45, 7) is 3.17. The van der Waals surface area contributed by atoms with Crippen molar-refractivity contribution in [2.75, 3.05) is 18.4 Å². The van der Waals surface area contributed by atoms with Gasteiger partial charge in [-0.05, 0) is 55.6 Å². The van der Waals surface area contributed by atoms with Crippen molar-refractivity contribution in [3.8, 4) is 0 Å². The SMILES string of the molecule is CC(=O)Nc1ccc(SC(CC(=O)NCCc2ccccc2)C2CCCN2)cc1. The lowest BCUT2D eigenvalue weighted by molar-refractivity contribution is -0.121. The Bertz CT molecular complexity index is 790. The molecule has 1 aliphatic heterocycles. The van der Waals surface area contributed by atoms with Gasteiger partial charge in [-0.15, -0.1) is 11.8 Å². The Kier molecular flexibility index (Phi) is 8.14. The van der Waals surface area contributed by atoms with E-state index in [1.807, 2.05) is 42.5 Å². The topological polar surface area (TPSA) is 70.2 Å². The highest BCUT2D eigenvalue weighted by Gasteiger charge is 2.27. The summed E-state index contributed by atoms with van der Waals surface area (Å²) in [6, 6.07) is 18.4. The molecule has 2 aromatic carbocycles. The Morgan fingerprint density at radius 1 is 1.14 bits per heavy atom. The molecule has 5 nitrogen and oxygen atoms in total. The van der Waals surface area contributed by atoms with Gasteiger partial charge in [-0.1, -0.05) is 30.3 Å². The fourth-order valence-corrected chi connectivity index (χ4v) is 4.81. The molecule has 6 heteroatoms. The Balaban J connectivity index is 1.54. The fraction of sp³-hybridized carbons (Fsp3) is 0.391. The first-order valence-corrected chi connectivity index (χ1v) is 11.1. The maximum atomic E-state index is 12.6. The molecule has 2 amide bonds. The van der Waals surface area contributed by atoms with Gasteiger partial charge < -0.3 is 16.0 Å². The molecule has 154 valence electrons. The Hall–Kier alpha value is -2.31. The van der Waals surface area contributed by atoms with Crippen molar-refractivity contribution in [2.45, 2.75) is 48.8 Å². The van der Waals surface area contributed by atoms with E-state index in [1.165, 1.54) is 12.5 Å². The minimum atomic E-state index is -0.0781. The van der Waals surface area contributed by atoms with E-state index in [-0.39, 0.29) is 17.1 Å². The lowest BCUT2D eigenvalue weighted by Crippen LogP contribution is -2.37. The Labute approximate surface area is 177 Å². The summed E-state index contributed by atoms with van der Waals surface area (Å²) in [5.74, 6) is 0.0209. The van der Waals surface area contributed by atoms with E-state index < -0.39 is 0 Å². The number of nitrogens with one attached hydrogen (secondary N) is 3. The van der Waals surface area contributed by atoms with Gasteiger partial charge in [0.15, 0.2) is 0 Å². The zero-order valence-electron chi connectivity index (χ0n) is 16.8. The summed E-state index contributed by atoms with van der Waals surface area (Å²) in [6.07, 6.45) is 3.58. The molecule has 0 spiro atoms. The second-order valence-electron chi connectivity index (χ2n) is 7.35. The van der Waals surface area contributed by atoms with E-state index >= 15 is 0 Å². The third-order valence-corrected chi connectivity index (χ3v) is 6.32. The molecule has 1 saturated heterocycles. The van der Waals surface area contributed by atoms with Crippen LogP contribution in [-0.2, 0) is 16.0 Å². The minimum absolute atomic E-state index is 0.0781. The average molecular weight is 412 g/mol. The van der Waals surface area contributed by atoms with Crippen LogP contribution in [0, 0.1) is 0 Å². The first-order chi connectivity index (χ1) is 14.1. The predicted octanol–water partition coefficient (Wildman–Crippen LogP) is 3.61. The standard InChI is InChI=1S/C23H29N3O2S/c1-17(27)26-19-9-11-20(12-10-19)29-22(21-8-5-14-24-21)16-23(28)25-15-13-18-6-3-2-4-7-18/h2-4,6-7,9-12,21-22,24H,5,8,13-16H2,1H3,(H,25,28)(H,26,27). The molecule has 0 aromatic heterocycles. The summed E-state index contributed by atoms with van der Waals surface area (Å²) < 4.78 is 0. The van der Waals surface area contributed by atoms with Gasteiger partial charge in [0.1, 0.15) is 0 Å². The Morgan fingerprint density at radius 2 is 1.90 bits per heavy atom. The highest BCUT2D eigenvalue weighted by molar-refractivity contribution is 8.00. The van der Waals surface area contributed by atoms with Gasteiger partial charge in [-0.25, -0.2) is 0 Å². The zero-order chi connectivity index (χ0) is 20.5. The van der Waals surface area contributed by atoms with E-state index in [4.69, 9.17) is 0 Å². The monoisotopic (exact) mass is 411 g/mol. The Morgan fingerprint density at radius 3 is 2.55 bits per heavy atom. The molecule has 0 saturated carbocycles. The second-order valence-corrected chi connectivity index (χ2v) is 8.67. The normalized spacial score (nSPS) is 16.9. The second kappa shape index (κ2) is 11.0. The van der Waals surface area contributed by atoms with Crippen LogP contribution < -0.4 is 16.0 Å². The van der Waals surface area contributed by atoms with Gasteiger partial charge in [0.25, 0.3) is 0 Å². The molecule has 1 aliphatic rings. The fourth-order valence-electron chi connectivity index (χ4n) is 3.54. The van der Waals surface area contributed by atoms with Crippen LogP contribution in [0.25, 0.3) is 0 Å². The number of hydrogen-bond donors (Lipinski definition) is 3. The molecule has 3 N–H and O–H groups in total. The highest BCUT2D eigenvalue weighted by Crippen LogP contribution is 2.31. The van der Waals surface area contributed by atoms with Crippen molar-refractivity contribution in [1.82, 2.24) is 10.6 Å².